The van der Waals surface area contributed by atoms with Crippen molar-refractivity contribution in [3.63, 3.8) is 0 Å². The number of rotatable bonds is 5. The molecule has 6 nitrogen and oxygen atoms in total. The quantitative estimate of drug-likeness (QED) is 0.823. The summed E-state index contributed by atoms with van der Waals surface area (Å²) in [4.78, 5) is 0.0624. The van der Waals surface area contributed by atoms with Crippen molar-refractivity contribution >= 4 is 15.7 Å². The van der Waals surface area contributed by atoms with Gasteiger partial charge in [0.15, 0.2) is 0 Å². The summed E-state index contributed by atoms with van der Waals surface area (Å²) in [7, 11) is -0.636. The number of nitrogens with two attached hydrogens (primary N) is 1. The zero-order chi connectivity index (χ0) is 14.8. The van der Waals surface area contributed by atoms with Gasteiger partial charge in [0.05, 0.1) is 11.8 Å². The van der Waals surface area contributed by atoms with Crippen LogP contribution in [0.5, 0.6) is 5.75 Å². The number of benzene rings is 1. The molecule has 1 atom stereocenters. The third-order valence-electron chi connectivity index (χ3n) is 3.23. The van der Waals surface area contributed by atoms with Crippen molar-refractivity contribution in [1.82, 2.24) is 4.31 Å². The minimum Gasteiger partial charge on any atom is -0.489 e. The number of hydrogen-bond donors (Lipinski definition) is 1. The highest BCUT2D eigenvalue weighted by Gasteiger charge is 2.23. The van der Waals surface area contributed by atoms with E-state index in [1.807, 2.05) is 0 Å². The largest absolute Gasteiger partial charge is 0.489 e. The van der Waals surface area contributed by atoms with Gasteiger partial charge in [-0.2, -0.15) is 0 Å². The molecule has 0 spiro atoms. The molecule has 1 unspecified atom stereocenters. The Morgan fingerprint density at radius 2 is 2.20 bits per heavy atom. The third-order valence-corrected chi connectivity index (χ3v) is 5.11. The standard InChI is InChI=1S/C13H20N2O4S/c1-15(2)20(16,17)12-7-3-6-11(13(12)14)19-9-10-5-4-8-18-10/h3,6-7,10H,4-5,8-9,14H2,1-2H3. The van der Waals surface area contributed by atoms with Crippen LogP contribution in [0.3, 0.4) is 0 Å². The fourth-order valence-corrected chi connectivity index (χ4v) is 3.05. The van der Waals surface area contributed by atoms with Crippen LogP contribution < -0.4 is 10.5 Å². The van der Waals surface area contributed by atoms with Crippen LogP contribution in [0.2, 0.25) is 0 Å². The number of anilines is 1. The first kappa shape index (κ1) is 15.1. The van der Waals surface area contributed by atoms with E-state index in [1.54, 1.807) is 12.1 Å². The maximum atomic E-state index is 12.1. The summed E-state index contributed by atoms with van der Waals surface area (Å²) >= 11 is 0. The van der Waals surface area contributed by atoms with Crippen LogP contribution in [-0.4, -0.2) is 46.1 Å². The van der Waals surface area contributed by atoms with Crippen LogP contribution in [0.1, 0.15) is 12.8 Å². The van der Waals surface area contributed by atoms with Crippen molar-refractivity contribution in [2.45, 2.75) is 23.8 Å². The molecule has 1 fully saturated rings. The minimum absolute atomic E-state index is 0.0588. The van der Waals surface area contributed by atoms with Gasteiger partial charge >= 0.3 is 0 Å². The Morgan fingerprint density at radius 3 is 2.80 bits per heavy atom. The van der Waals surface area contributed by atoms with E-state index in [2.05, 4.69) is 0 Å². The number of ether oxygens (including phenoxy) is 2. The lowest BCUT2D eigenvalue weighted by atomic mass is 10.2. The van der Waals surface area contributed by atoms with Crippen LogP contribution in [0.4, 0.5) is 5.69 Å². The van der Waals surface area contributed by atoms with E-state index >= 15 is 0 Å². The second-order valence-corrected chi connectivity index (χ2v) is 7.02. The molecular weight excluding hydrogens is 280 g/mol. The molecule has 0 aromatic heterocycles. The van der Waals surface area contributed by atoms with Crippen LogP contribution in [-0.2, 0) is 14.8 Å². The highest BCUT2D eigenvalue weighted by atomic mass is 32.2. The lowest BCUT2D eigenvalue weighted by molar-refractivity contribution is 0.0681. The Hall–Kier alpha value is -1.31. The molecule has 0 radical (unpaired) electrons. The molecule has 0 aliphatic carbocycles. The van der Waals surface area contributed by atoms with Crippen molar-refractivity contribution in [3.05, 3.63) is 18.2 Å². The lowest BCUT2D eigenvalue weighted by Gasteiger charge is -2.17. The maximum Gasteiger partial charge on any atom is 0.244 e. The topological polar surface area (TPSA) is 81.9 Å². The van der Waals surface area contributed by atoms with Gasteiger partial charge in [0.1, 0.15) is 17.3 Å². The van der Waals surface area contributed by atoms with Gasteiger partial charge in [-0.05, 0) is 25.0 Å². The second-order valence-electron chi connectivity index (χ2n) is 4.90. The Morgan fingerprint density at radius 1 is 1.45 bits per heavy atom. The molecule has 7 heteroatoms. The molecular formula is C13H20N2O4S. The van der Waals surface area contributed by atoms with Crippen molar-refractivity contribution in [1.29, 1.82) is 0 Å². The normalized spacial score (nSPS) is 19.4. The molecule has 2 N–H and O–H groups in total. The van der Waals surface area contributed by atoms with E-state index in [4.69, 9.17) is 15.2 Å². The Labute approximate surface area is 119 Å². The fraction of sp³-hybridized carbons (Fsp3) is 0.538. The smallest absolute Gasteiger partial charge is 0.244 e. The highest BCUT2D eigenvalue weighted by molar-refractivity contribution is 7.89. The summed E-state index contributed by atoms with van der Waals surface area (Å²) in [5, 5.41) is 0. The molecule has 0 amide bonds. The average molecular weight is 300 g/mol. The van der Waals surface area contributed by atoms with Gasteiger partial charge < -0.3 is 15.2 Å². The van der Waals surface area contributed by atoms with E-state index in [9.17, 15) is 8.42 Å². The van der Waals surface area contributed by atoms with Crippen molar-refractivity contribution in [3.8, 4) is 5.75 Å². The molecule has 1 saturated heterocycles. The first-order valence-corrected chi connectivity index (χ1v) is 7.92. The molecule has 1 aliphatic heterocycles. The van der Waals surface area contributed by atoms with Gasteiger partial charge in [-0.3, -0.25) is 0 Å². The van der Waals surface area contributed by atoms with Crippen LogP contribution in [0, 0.1) is 0 Å². The van der Waals surface area contributed by atoms with Crippen molar-refractivity contribution in [2.24, 2.45) is 0 Å². The molecule has 0 saturated carbocycles. The number of para-hydroxylation sites is 1. The predicted octanol–water partition coefficient (Wildman–Crippen LogP) is 1.08. The molecule has 0 bridgehead atoms. The zero-order valence-electron chi connectivity index (χ0n) is 11.7. The van der Waals surface area contributed by atoms with Gasteiger partial charge in [-0.1, -0.05) is 6.07 Å². The molecule has 1 aromatic rings. The number of nitrogens with zero attached hydrogens (tertiary/aromatic N) is 1. The Bertz CT molecular complexity index is 566. The first-order chi connectivity index (χ1) is 9.43. The molecule has 20 heavy (non-hydrogen) atoms. The van der Waals surface area contributed by atoms with Gasteiger partial charge in [0, 0.05) is 20.7 Å². The maximum absolute atomic E-state index is 12.1. The number of sulfonamides is 1. The van der Waals surface area contributed by atoms with Crippen LogP contribution >= 0.6 is 0 Å². The number of nitrogen functional groups attached to an aromatic ring is 1. The summed E-state index contributed by atoms with van der Waals surface area (Å²) in [6.45, 7) is 1.13. The Balaban J connectivity index is 2.19. The molecule has 1 aromatic carbocycles. The van der Waals surface area contributed by atoms with Crippen LogP contribution in [0.25, 0.3) is 0 Å². The molecule has 1 aliphatic rings. The van der Waals surface area contributed by atoms with E-state index in [0.29, 0.717) is 12.4 Å². The third kappa shape index (κ3) is 3.05. The lowest BCUT2D eigenvalue weighted by Crippen LogP contribution is -2.23. The minimum atomic E-state index is -3.57. The zero-order valence-corrected chi connectivity index (χ0v) is 12.5. The van der Waals surface area contributed by atoms with Crippen molar-refractivity contribution in [2.75, 3.05) is 33.0 Å². The first-order valence-electron chi connectivity index (χ1n) is 6.48. The summed E-state index contributed by atoms with van der Waals surface area (Å²) < 4.78 is 36.5. The second kappa shape index (κ2) is 5.99. The average Bonchev–Trinajstić information content (AvgIpc) is 2.90. The van der Waals surface area contributed by atoms with Crippen LogP contribution in [0.15, 0.2) is 23.1 Å². The van der Waals surface area contributed by atoms with E-state index in [1.165, 1.54) is 20.2 Å². The van der Waals surface area contributed by atoms with Gasteiger partial charge in [-0.25, -0.2) is 12.7 Å². The van der Waals surface area contributed by atoms with E-state index in [0.717, 1.165) is 23.8 Å². The predicted molar refractivity (Wildman–Crippen MR) is 76.2 cm³/mol. The SMILES string of the molecule is CN(C)S(=O)(=O)c1cccc(OCC2CCCO2)c1N. The number of hydrogen-bond acceptors (Lipinski definition) is 5. The summed E-state index contributed by atoms with van der Waals surface area (Å²) in [5.41, 5.74) is 6.06. The summed E-state index contributed by atoms with van der Waals surface area (Å²) in [6.07, 6.45) is 2.04. The van der Waals surface area contributed by atoms with Gasteiger partial charge in [-0.15, -0.1) is 0 Å². The van der Waals surface area contributed by atoms with Gasteiger partial charge in [0.2, 0.25) is 10.0 Å². The molecule has 1 heterocycles. The summed E-state index contributed by atoms with van der Waals surface area (Å²) in [5.74, 6) is 0.378. The van der Waals surface area contributed by atoms with Crippen molar-refractivity contribution < 1.29 is 17.9 Å². The fourth-order valence-electron chi connectivity index (χ4n) is 2.03. The van der Waals surface area contributed by atoms with E-state index < -0.39 is 10.0 Å². The summed E-state index contributed by atoms with van der Waals surface area (Å²) in [6, 6.07) is 4.76. The molecule has 2 rings (SSSR count). The highest BCUT2D eigenvalue weighted by Crippen LogP contribution is 2.30. The molecule has 112 valence electrons. The van der Waals surface area contributed by atoms with Gasteiger partial charge in [0.25, 0.3) is 0 Å². The van der Waals surface area contributed by atoms with E-state index in [-0.39, 0.29) is 16.7 Å². The monoisotopic (exact) mass is 300 g/mol. The Kier molecular flexibility index (Phi) is 4.52.